The summed E-state index contributed by atoms with van der Waals surface area (Å²) in [5, 5.41) is 0.481. The molecule has 52 valence electrons. The van der Waals surface area contributed by atoms with E-state index < -0.39 is 0 Å². The topological polar surface area (TPSA) is 52.0 Å². The number of nitrogens with two attached hydrogens (primary N) is 2. The van der Waals surface area contributed by atoms with Gasteiger partial charge in [-0.3, -0.25) is 0 Å². The van der Waals surface area contributed by atoms with Gasteiger partial charge in [-0.1, -0.05) is 18.5 Å². The first-order valence-electron chi connectivity index (χ1n) is 2.74. The highest BCUT2D eigenvalue weighted by atomic mass is 35.5. The minimum Gasteiger partial charge on any atom is -0.403 e. The summed E-state index contributed by atoms with van der Waals surface area (Å²) >= 11 is 5.52. The second-order valence-electron chi connectivity index (χ2n) is 1.62. The Balaban J connectivity index is 3.95. The molecule has 0 amide bonds. The lowest BCUT2D eigenvalue weighted by atomic mass is 10.3. The lowest BCUT2D eigenvalue weighted by Crippen LogP contribution is -1.94. The number of allylic oxidation sites excluding steroid dienone is 3. The molecular formula is C6H11ClN2. The van der Waals surface area contributed by atoms with Crippen LogP contribution in [0.1, 0.15) is 13.3 Å². The molecule has 0 bridgehead atoms. The summed E-state index contributed by atoms with van der Waals surface area (Å²) in [6.07, 6.45) is 3.75. The summed E-state index contributed by atoms with van der Waals surface area (Å²) in [5.41, 5.74) is 11.2. The van der Waals surface area contributed by atoms with Crippen LogP contribution in [0.15, 0.2) is 23.0 Å². The summed E-state index contributed by atoms with van der Waals surface area (Å²) in [5.74, 6) is 0. The van der Waals surface area contributed by atoms with E-state index >= 15 is 0 Å². The lowest BCUT2D eigenvalue weighted by Gasteiger charge is -1.92. The Kier molecular flexibility index (Phi) is 3.97. The van der Waals surface area contributed by atoms with Gasteiger partial charge in [0.1, 0.15) is 0 Å². The first-order chi connectivity index (χ1) is 4.20. The van der Waals surface area contributed by atoms with Gasteiger partial charge in [0.2, 0.25) is 0 Å². The fraction of sp³-hybridized carbons (Fsp3) is 0.333. The van der Waals surface area contributed by atoms with Crippen molar-refractivity contribution in [2.45, 2.75) is 13.3 Å². The maximum atomic E-state index is 5.52. The van der Waals surface area contributed by atoms with Gasteiger partial charge in [0.15, 0.2) is 0 Å². The predicted octanol–water partition coefficient (Wildman–Crippen LogP) is 1.28. The number of hydrogen-bond acceptors (Lipinski definition) is 2. The van der Waals surface area contributed by atoms with Crippen molar-refractivity contribution in [2.24, 2.45) is 11.5 Å². The number of hydrogen-bond donors (Lipinski definition) is 2. The Morgan fingerprint density at radius 1 is 1.67 bits per heavy atom. The van der Waals surface area contributed by atoms with Crippen LogP contribution in [0.2, 0.25) is 0 Å². The molecule has 0 heterocycles. The van der Waals surface area contributed by atoms with Crippen LogP contribution in [0.5, 0.6) is 0 Å². The summed E-state index contributed by atoms with van der Waals surface area (Å²) in [6.45, 7) is 1.95. The largest absolute Gasteiger partial charge is 0.403 e. The Morgan fingerprint density at radius 3 is 2.56 bits per heavy atom. The van der Waals surface area contributed by atoms with Gasteiger partial charge in [-0.25, -0.2) is 0 Å². The second kappa shape index (κ2) is 4.27. The van der Waals surface area contributed by atoms with Gasteiger partial charge in [0.05, 0.1) is 5.03 Å². The molecule has 0 aliphatic carbocycles. The van der Waals surface area contributed by atoms with E-state index in [1.165, 1.54) is 6.20 Å². The fourth-order valence-corrected chi connectivity index (χ4v) is 0.467. The fourth-order valence-electron chi connectivity index (χ4n) is 0.327. The molecule has 4 N–H and O–H groups in total. The van der Waals surface area contributed by atoms with Crippen LogP contribution in [0.3, 0.4) is 0 Å². The van der Waals surface area contributed by atoms with E-state index in [9.17, 15) is 0 Å². The second-order valence-corrected chi connectivity index (χ2v) is 2.06. The minimum atomic E-state index is 0.481. The van der Waals surface area contributed by atoms with E-state index in [1.54, 1.807) is 6.08 Å². The summed E-state index contributed by atoms with van der Waals surface area (Å²) < 4.78 is 0. The molecule has 0 aromatic rings. The van der Waals surface area contributed by atoms with E-state index in [2.05, 4.69) is 0 Å². The average molecular weight is 147 g/mol. The van der Waals surface area contributed by atoms with E-state index in [0.717, 1.165) is 12.1 Å². The maximum Gasteiger partial charge on any atom is 0.0577 e. The van der Waals surface area contributed by atoms with Crippen molar-refractivity contribution in [3.8, 4) is 0 Å². The molecular weight excluding hydrogens is 136 g/mol. The highest BCUT2D eigenvalue weighted by molar-refractivity contribution is 6.31. The maximum absolute atomic E-state index is 5.52. The molecule has 0 atom stereocenters. The quantitative estimate of drug-likeness (QED) is 0.577. The Bertz CT molecular complexity index is 138. The van der Waals surface area contributed by atoms with Crippen molar-refractivity contribution < 1.29 is 0 Å². The first-order valence-corrected chi connectivity index (χ1v) is 3.12. The van der Waals surface area contributed by atoms with E-state index in [0.29, 0.717) is 5.03 Å². The van der Waals surface area contributed by atoms with Crippen LogP contribution in [0, 0.1) is 0 Å². The van der Waals surface area contributed by atoms with Gasteiger partial charge in [-0.15, -0.1) is 0 Å². The normalized spacial score (nSPS) is 14.0. The molecule has 3 heteroatoms. The third kappa shape index (κ3) is 3.91. The molecule has 0 aromatic carbocycles. The van der Waals surface area contributed by atoms with Crippen molar-refractivity contribution in [1.29, 1.82) is 0 Å². The zero-order valence-corrected chi connectivity index (χ0v) is 6.15. The van der Waals surface area contributed by atoms with Gasteiger partial charge in [-0.05, 0) is 12.5 Å². The SMILES string of the molecule is CC/C(N)=C/C(Cl)=C\N. The van der Waals surface area contributed by atoms with E-state index in [-0.39, 0.29) is 0 Å². The third-order valence-electron chi connectivity index (χ3n) is 0.891. The molecule has 0 saturated carbocycles. The molecule has 0 spiro atoms. The molecule has 0 aromatic heterocycles. The van der Waals surface area contributed by atoms with Crippen molar-refractivity contribution >= 4 is 11.6 Å². The van der Waals surface area contributed by atoms with E-state index in [1.807, 2.05) is 6.92 Å². The molecule has 0 aliphatic heterocycles. The van der Waals surface area contributed by atoms with Crippen LogP contribution >= 0.6 is 11.6 Å². The minimum absolute atomic E-state index is 0.481. The molecule has 0 aliphatic rings. The molecule has 0 fully saturated rings. The van der Waals surface area contributed by atoms with Crippen LogP contribution in [-0.4, -0.2) is 0 Å². The van der Waals surface area contributed by atoms with Crippen molar-refractivity contribution in [2.75, 3.05) is 0 Å². The van der Waals surface area contributed by atoms with Crippen LogP contribution in [-0.2, 0) is 0 Å². The summed E-state index contributed by atoms with van der Waals surface area (Å²) in [4.78, 5) is 0. The van der Waals surface area contributed by atoms with Crippen molar-refractivity contribution in [3.05, 3.63) is 23.0 Å². The number of halogens is 1. The molecule has 9 heavy (non-hydrogen) atoms. The summed E-state index contributed by atoms with van der Waals surface area (Å²) in [6, 6.07) is 0. The van der Waals surface area contributed by atoms with E-state index in [4.69, 9.17) is 23.1 Å². The smallest absolute Gasteiger partial charge is 0.0577 e. The molecule has 0 rings (SSSR count). The van der Waals surface area contributed by atoms with Gasteiger partial charge in [-0.2, -0.15) is 0 Å². The Hall–Kier alpha value is -0.630. The molecule has 0 unspecified atom stereocenters. The Labute approximate surface area is 60.2 Å². The highest BCUT2D eigenvalue weighted by Gasteiger charge is 1.85. The zero-order chi connectivity index (χ0) is 7.28. The van der Waals surface area contributed by atoms with Gasteiger partial charge in [0, 0.05) is 11.9 Å². The highest BCUT2D eigenvalue weighted by Crippen LogP contribution is 2.03. The number of rotatable bonds is 2. The van der Waals surface area contributed by atoms with Crippen molar-refractivity contribution in [3.63, 3.8) is 0 Å². The third-order valence-corrected chi connectivity index (χ3v) is 1.13. The average Bonchev–Trinajstić information content (AvgIpc) is 1.87. The van der Waals surface area contributed by atoms with Crippen LogP contribution in [0.25, 0.3) is 0 Å². The van der Waals surface area contributed by atoms with Gasteiger partial charge in [0.25, 0.3) is 0 Å². The Morgan fingerprint density at radius 2 is 2.22 bits per heavy atom. The monoisotopic (exact) mass is 146 g/mol. The lowest BCUT2D eigenvalue weighted by molar-refractivity contribution is 1.07. The molecule has 2 nitrogen and oxygen atoms in total. The van der Waals surface area contributed by atoms with Crippen LogP contribution in [0.4, 0.5) is 0 Å². The van der Waals surface area contributed by atoms with Gasteiger partial charge < -0.3 is 11.5 Å². The van der Waals surface area contributed by atoms with Crippen LogP contribution < -0.4 is 11.5 Å². The molecule has 0 saturated heterocycles. The zero-order valence-electron chi connectivity index (χ0n) is 5.39. The van der Waals surface area contributed by atoms with Gasteiger partial charge >= 0.3 is 0 Å². The standard InChI is InChI=1S/C6H11ClN2/c1-2-6(9)3-5(7)4-8/h3-4H,2,8-9H2,1H3/b5-4+,6-3-. The summed E-state index contributed by atoms with van der Waals surface area (Å²) in [7, 11) is 0. The predicted molar refractivity (Wildman–Crippen MR) is 40.7 cm³/mol. The molecule has 0 radical (unpaired) electrons. The van der Waals surface area contributed by atoms with Crippen molar-refractivity contribution in [1.82, 2.24) is 0 Å². The first kappa shape index (κ1) is 8.37.